The van der Waals surface area contributed by atoms with E-state index in [2.05, 4.69) is 10.3 Å². The maximum atomic E-state index is 13.9. The fourth-order valence-corrected chi connectivity index (χ4v) is 2.31. The first-order valence-corrected chi connectivity index (χ1v) is 6.95. The van der Waals surface area contributed by atoms with E-state index in [4.69, 9.17) is 4.74 Å². The second-order valence-corrected chi connectivity index (χ2v) is 5.02. The van der Waals surface area contributed by atoms with Crippen LogP contribution in [0.15, 0.2) is 47.4 Å². The molecule has 0 aliphatic rings. The van der Waals surface area contributed by atoms with E-state index in [1.807, 2.05) is 0 Å². The average molecular weight is 330 g/mol. The van der Waals surface area contributed by atoms with Gasteiger partial charge in [-0.1, -0.05) is 0 Å². The highest BCUT2D eigenvalue weighted by Gasteiger charge is 2.16. The van der Waals surface area contributed by atoms with E-state index in [1.165, 1.54) is 7.11 Å². The zero-order valence-electron chi connectivity index (χ0n) is 12.5. The predicted octanol–water partition coefficient (Wildman–Crippen LogP) is 3.07. The van der Waals surface area contributed by atoms with Gasteiger partial charge in [-0.05, 0) is 30.3 Å². The van der Waals surface area contributed by atoms with Crippen LogP contribution in [0.1, 0.15) is 10.4 Å². The van der Waals surface area contributed by atoms with Crippen molar-refractivity contribution in [3.05, 3.63) is 70.0 Å². The molecule has 0 aliphatic carbocycles. The Hall–Kier alpha value is -3.22. The van der Waals surface area contributed by atoms with Crippen molar-refractivity contribution in [2.45, 2.75) is 0 Å². The van der Waals surface area contributed by atoms with Gasteiger partial charge in [0.1, 0.15) is 22.9 Å². The summed E-state index contributed by atoms with van der Waals surface area (Å²) < 4.78 is 32.1. The number of rotatable bonds is 3. The number of carbonyl (C=O) groups is 1. The molecule has 5 nitrogen and oxygen atoms in total. The molecule has 0 unspecified atom stereocenters. The van der Waals surface area contributed by atoms with Gasteiger partial charge in [-0.15, -0.1) is 0 Å². The van der Waals surface area contributed by atoms with E-state index in [-0.39, 0.29) is 16.5 Å². The summed E-state index contributed by atoms with van der Waals surface area (Å²) in [7, 11) is 1.51. The third-order valence-corrected chi connectivity index (χ3v) is 3.49. The van der Waals surface area contributed by atoms with Gasteiger partial charge in [0.05, 0.1) is 18.0 Å². The quantitative estimate of drug-likeness (QED) is 0.775. The van der Waals surface area contributed by atoms with Gasteiger partial charge in [-0.3, -0.25) is 9.59 Å². The van der Waals surface area contributed by atoms with Gasteiger partial charge in [-0.2, -0.15) is 0 Å². The van der Waals surface area contributed by atoms with Gasteiger partial charge >= 0.3 is 0 Å². The molecule has 2 aromatic carbocycles. The van der Waals surface area contributed by atoms with Crippen molar-refractivity contribution < 1.29 is 18.3 Å². The van der Waals surface area contributed by atoms with E-state index in [1.54, 1.807) is 24.3 Å². The number of benzene rings is 2. The predicted molar refractivity (Wildman–Crippen MR) is 85.4 cm³/mol. The van der Waals surface area contributed by atoms with Crippen LogP contribution in [-0.4, -0.2) is 18.0 Å². The van der Waals surface area contributed by atoms with Crippen LogP contribution < -0.4 is 15.5 Å². The molecule has 24 heavy (non-hydrogen) atoms. The van der Waals surface area contributed by atoms with E-state index < -0.39 is 23.0 Å². The second-order valence-electron chi connectivity index (χ2n) is 5.02. The summed E-state index contributed by atoms with van der Waals surface area (Å²) in [5, 5.41) is 2.17. The minimum Gasteiger partial charge on any atom is -0.497 e. The third-order valence-electron chi connectivity index (χ3n) is 3.49. The minimum atomic E-state index is -1.02. The number of hydrogen-bond donors (Lipinski definition) is 2. The number of methoxy groups -OCH3 is 1. The van der Waals surface area contributed by atoms with Crippen LogP contribution >= 0.6 is 0 Å². The number of hydrogen-bond acceptors (Lipinski definition) is 3. The number of pyridine rings is 1. The molecule has 1 amide bonds. The normalized spacial score (nSPS) is 10.6. The standard InChI is InChI=1S/C17H12F2N2O3/c1-24-11-4-2-10(3-5-11)21-17(23)12-8-20-14-7-9(18)6-13(19)15(14)16(12)22/h2-8H,1H3,(H,20,22)(H,21,23). The molecule has 3 aromatic rings. The molecule has 0 aliphatic heterocycles. The number of anilines is 1. The Bertz CT molecular complexity index is 982. The van der Waals surface area contributed by atoms with Crippen molar-refractivity contribution in [2.75, 3.05) is 12.4 Å². The molecule has 3 rings (SSSR count). The molecule has 1 heterocycles. The highest BCUT2D eigenvalue weighted by atomic mass is 19.1. The minimum absolute atomic E-state index is 0.0153. The van der Waals surface area contributed by atoms with E-state index in [0.717, 1.165) is 12.3 Å². The van der Waals surface area contributed by atoms with Crippen LogP contribution in [0, 0.1) is 11.6 Å². The van der Waals surface area contributed by atoms with Crippen molar-refractivity contribution in [3.63, 3.8) is 0 Å². The molecule has 0 saturated carbocycles. The van der Waals surface area contributed by atoms with Crippen LogP contribution in [-0.2, 0) is 0 Å². The third kappa shape index (κ3) is 2.83. The first kappa shape index (κ1) is 15.7. The Balaban J connectivity index is 1.98. The van der Waals surface area contributed by atoms with Crippen LogP contribution in [0.3, 0.4) is 0 Å². The van der Waals surface area contributed by atoms with Crippen molar-refractivity contribution in [1.82, 2.24) is 4.98 Å². The first-order valence-electron chi connectivity index (χ1n) is 6.95. The number of amides is 1. The number of nitrogens with one attached hydrogen (secondary N) is 2. The molecule has 0 spiro atoms. The summed E-state index contributed by atoms with van der Waals surface area (Å²) in [6, 6.07) is 8.07. The van der Waals surface area contributed by atoms with Gasteiger partial charge in [0.2, 0.25) is 5.43 Å². The van der Waals surface area contributed by atoms with Crippen LogP contribution in [0.4, 0.5) is 14.5 Å². The Morgan fingerprint density at radius 3 is 2.54 bits per heavy atom. The molecule has 7 heteroatoms. The molecule has 0 saturated heterocycles. The lowest BCUT2D eigenvalue weighted by atomic mass is 10.1. The van der Waals surface area contributed by atoms with Gasteiger partial charge in [0.15, 0.2) is 0 Å². The summed E-state index contributed by atoms with van der Waals surface area (Å²) >= 11 is 0. The summed E-state index contributed by atoms with van der Waals surface area (Å²) in [6.45, 7) is 0. The lowest BCUT2D eigenvalue weighted by Crippen LogP contribution is -2.22. The topological polar surface area (TPSA) is 71.2 Å². The fourth-order valence-electron chi connectivity index (χ4n) is 2.31. The van der Waals surface area contributed by atoms with Crippen molar-refractivity contribution in [2.24, 2.45) is 0 Å². The van der Waals surface area contributed by atoms with Gasteiger partial charge in [0, 0.05) is 18.0 Å². The Morgan fingerprint density at radius 2 is 1.88 bits per heavy atom. The van der Waals surface area contributed by atoms with Gasteiger partial charge < -0.3 is 15.0 Å². The zero-order chi connectivity index (χ0) is 17.3. The lowest BCUT2D eigenvalue weighted by molar-refractivity contribution is 0.102. The fraction of sp³-hybridized carbons (Fsp3) is 0.0588. The number of ether oxygens (including phenoxy) is 1. The van der Waals surface area contributed by atoms with Crippen LogP contribution in [0.25, 0.3) is 10.9 Å². The molecule has 0 radical (unpaired) electrons. The second kappa shape index (κ2) is 6.11. The van der Waals surface area contributed by atoms with Gasteiger partial charge in [0.25, 0.3) is 5.91 Å². The highest BCUT2D eigenvalue weighted by molar-refractivity contribution is 6.05. The maximum Gasteiger partial charge on any atom is 0.261 e. The Kier molecular flexibility index (Phi) is 3.99. The SMILES string of the molecule is COc1ccc(NC(=O)c2c[nH]c3cc(F)cc(F)c3c2=O)cc1. The van der Waals surface area contributed by atoms with E-state index >= 15 is 0 Å². The number of H-pyrrole nitrogens is 1. The summed E-state index contributed by atoms with van der Waals surface area (Å²) in [5.41, 5.74) is -0.658. The molecular formula is C17H12F2N2O3. The number of aromatic amines is 1. The molecule has 1 aromatic heterocycles. The smallest absolute Gasteiger partial charge is 0.261 e. The van der Waals surface area contributed by atoms with E-state index in [0.29, 0.717) is 17.5 Å². The lowest BCUT2D eigenvalue weighted by Gasteiger charge is -2.07. The molecule has 0 fully saturated rings. The molecule has 2 N–H and O–H groups in total. The summed E-state index contributed by atoms with van der Waals surface area (Å²) in [5.74, 6) is -1.93. The number of aromatic nitrogens is 1. The van der Waals surface area contributed by atoms with Gasteiger partial charge in [-0.25, -0.2) is 8.78 Å². The first-order chi connectivity index (χ1) is 11.5. The Labute approximate surface area is 134 Å². The largest absolute Gasteiger partial charge is 0.497 e. The monoisotopic (exact) mass is 330 g/mol. The molecular weight excluding hydrogens is 318 g/mol. The van der Waals surface area contributed by atoms with Crippen LogP contribution in [0.5, 0.6) is 5.75 Å². The number of halogens is 2. The molecule has 122 valence electrons. The van der Waals surface area contributed by atoms with Crippen LogP contribution in [0.2, 0.25) is 0 Å². The summed E-state index contributed by atoms with van der Waals surface area (Å²) in [4.78, 5) is 27.1. The van der Waals surface area contributed by atoms with Crippen molar-refractivity contribution >= 4 is 22.5 Å². The highest BCUT2D eigenvalue weighted by Crippen LogP contribution is 2.17. The Morgan fingerprint density at radius 1 is 1.17 bits per heavy atom. The van der Waals surface area contributed by atoms with E-state index in [9.17, 15) is 18.4 Å². The summed E-state index contributed by atoms with van der Waals surface area (Å²) in [6.07, 6.45) is 1.13. The molecule has 0 bridgehead atoms. The molecule has 0 atom stereocenters. The maximum absolute atomic E-state index is 13.9. The number of fused-ring (bicyclic) bond motifs is 1. The van der Waals surface area contributed by atoms with Crippen molar-refractivity contribution in [1.29, 1.82) is 0 Å². The average Bonchev–Trinajstić information content (AvgIpc) is 2.55. The number of carbonyl (C=O) groups excluding carboxylic acids is 1. The van der Waals surface area contributed by atoms with Crippen molar-refractivity contribution in [3.8, 4) is 5.75 Å². The zero-order valence-corrected chi connectivity index (χ0v) is 12.5.